The summed E-state index contributed by atoms with van der Waals surface area (Å²) in [5.41, 5.74) is 0.0831. The molecule has 0 aliphatic heterocycles. The van der Waals surface area contributed by atoms with Gasteiger partial charge in [0.1, 0.15) is 11.6 Å². The minimum Gasteiger partial charge on any atom is -0.316 e. The van der Waals surface area contributed by atoms with Gasteiger partial charge in [0.05, 0.1) is 0 Å². The summed E-state index contributed by atoms with van der Waals surface area (Å²) in [5.74, 6) is -1.05. The summed E-state index contributed by atoms with van der Waals surface area (Å²) < 4.78 is 27.1. The van der Waals surface area contributed by atoms with Gasteiger partial charge < -0.3 is 10.6 Å². The molecule has 0 fully saturated rings. The highest BCUT2D eigenvalue weighted by Crippen LogP contribution is 2.19. The van der Waals surface area contributed by atoms with Crippen molar-refractivity contribution in [1.29, 1.82) is 0 Å². The van der Waals surface area contributed by atoms with Crippen molar-refractivity contribution in [1.82, 2.24) is 10.6 Å². The van der Waals surface area contributed by atoms with Gasteiger partial charge in [0, 0.05) is 29.7 Å². The summed E-state index contributed by atoms with van der Waals surface area (Å²) in [6.07, 6.45) is 0. The van der Waals surface area contributed by atoms with E-state index < -0.39 is 11.6 Å². The van der Waals surface area contributed by atoms with E-state index in [0.29, 0.717) is 11.0 Å². The molecule has 0 bridgehead atoms. The molecule has 0 spiro atoms. The molecule has 90 valence electrons. The Morgan fingerprint density at radius 1 is 1.12 bits per heavy atom. The summed E-state index contributed by atoms with van der Waals surface area (Å²) >= 11 is 3.04. The molecule has 1 rings (SSSR count). The topological polar surface area (TPSA) is 24.1 Å². The zero-order valence-electron chi connectivity index (χ0n) is 9.12. The minimum absolute atomic E-state index is 0.0831. The van der Waals surface area contributed by atoms with E-state index in [4.69, 9.17) is 0 Å². The van der Waals surface area contributed by atoms with E-state index in [1.807, 2.05) is 6.92 Å². The second-order valence-electron chi connectivity index (χ2n) is 3.38. The Labute approximate surface area is 103 Å². The van der Waals surface area contributed by atoms with E-state index in [9.17, 15) is 8.78 Å². The fourth-order valence-electron chi connectivity index (χ4n) is 1.31. The molecule has 0 aromatic heterocycles. The van der Waals surface area contributed by atoms with Crippen LogP contribution in [-0.2, 0) is 6.54 Å². The average molecular weight is 293 g/mol. The lowest BCUT2D eigenvalue weighted by molar-refractivity contribution is 0.530. The van der Waals surface area contributed by atoms with Crippen molar-refractivity contribution < 1.29 is 8.78 Å². The van der Waals surface area contributed by atoms with E-state index >= 15 is 0 Å². The first-order valence-corrected chi connectivity index (χ1v) is 5.99. The molecule has 16 heavy (non-hydrogen) atoms. The van der Waals surface area contributed by atoms with Gasteiger partial charge in [0.2, 0.25) is 0 Å². The van der Waals surface area contributed by atoms with Gasteiger partial charge in [0.15, 0.2) is 0 Å². The maximum Gasteiger partial charge on any atom is 0.131 e. The molecule has 2 N–H and O–H groups in total. The van der Waals surface area contributed by atoms with Crippen LogP contribution in [0.4, 0.5) is 8.78 Å². The Morgan fingerprint density at radius 3 is 2.25 bits per heavy atom. The molecule has 2 nitrogen and oxygen atoms in total. The maximum atomic E-state index is 13.4. The number of nitrogens with one attached hydrogen (secondary N) is 2. The third kappa shape index (κ3) is 4.15. The minimum atomic E-state index is -0.525. The van der Waals surface area contributed by atoms with Crippen LogP contribution in [0.5, 0.6) is 0 Å². The molecule has 0 unspecified atom stereocenters. The standard InChI is InChI=1S/C11H15BrF2N2/c1-2-15-3-4-16-7-9-10(13)5-8(12)6-11(9)14/h5-6,15-16H,2-4,7H2,1H3. The van der Waals surface area contributed by atoms with E-state index in [1.165, 1.54) is 12.1 Å². The third-order valence-corrected chi connectivity index (χ3v) is 2.59. The van der Waals surface area contributed by atoms with Crippen molar-refractivity contribution in [2.24, 2.45) is 0 Å². The highest BCUT2D eigenvalue weighted by Gasteiger charge is 2.09. The monoisotopic (exact) mass is 292 g/mol. The van der Waals surface area contributed by atoms with E-state index in [1.54, 1.807) is 0 Å². The molecule has 0 amide bonds. The van der Waals surface area contributed by atoms with Crippen molar-refractivity contribution in [3.05, 3.63) is 33.8 Å². The number of benzene rings is 1. The summed E-state index contributed by atoms with van der Waals surface area (Å²) in [7, 11) is 0. The van der Waals surface area contributed by atoms with Crippen LogP contribution in [0.15, 0.2) is 16.6 Å². The van der Waals surface area contributed by atoms with Crippen LogP contribution in [0.1, 0.15) is 12.5 Å². The first-order chi connectivity index (χ1) is 7.65. The summed E-state index contributed by atoms with van der Waals surface area (Å²) in [6, 6.07) is 2.54. The zero-order chi connectivity index (χ0) is 12.0. The van der Waals surface area contributed by atoms with Crippen LogP contribution in [0.25, 0.3) is 0 Å². The quantitative estimate of drug-likeness (QED) is 0.787. The number of hydrogen-bond donors (Lipinski definition) is 2. The summed E-state index contributed by atoms with van der Waals surface area (Å²) in [4.78, 5) is 0. The maximum absolute atomic E-state index is 13.4. The van der Waals surface area contributed by atoms with Crippen molar-refractivity contribution in [2.75, 3.05) is 19.6 Å². The van der Waals surface area contributed by atoms with Crippen molar-refractivity contribution in [3.63, 3.8) is 0 Å². The lowest BCUT2D eigenvalue weighted by atomic mass is 10.2. The van der Waals surface area contributed by atoms with Gasteiger partial charge in [-0.15, -0.1) is 0 Å². The number of hydrogen-bond acceptors (Lipinski definition) is 2. The number of halogens is 3. The predicted octanol–water partition coefficient (Wildman–Crippen LogP) is 2.43. The van der Waals surface area contributed by atoms with Crippen molar-refractivity contribution in [2.45, 2.75) is 13.5 Å². The van der Waals surface area contributed by atoms with Crippen LogP contribution in [-0.4, -0.2) is 19.6 Å². The van der Waals surface area contributed by atoms with Gasteiger partial charge in [-0.05, 0) is 18.7 Å². The van der Waals surface area contributed by atoms with Crippen LogP contribution in [0.3, 0.4) is 0 Å². The fraction of sp³-hybridized carbons (Fsp3) is 0.455. The van der Waals surface area contributed by atoms with Gasteiger partial charge in [-0.3, -0.25) is 0 Å². The molecule has 1 aromatic carbocycles. The zero-order valence-corrected chi connectivity index (χ0v) is 10.7. The van der Waals surface area contributed by atoms with Crippen molar-refractivity contribution in [3.8, 4) is 0 Å². The molecule has 0 saturated heterocycles. The van der Waals surface area contributed by atoms with Crippen LogP contribution in [0, 0.1) is 11.6 Å². The van der Waals surface area contributed by atoms with Gasteiger partial charge in [-0.1, -0.05) is 22.9 Å². The Hall–Kier alpha value is -0.520. The second kappa shape index (κ2) is 6.93. The third-order valence-electron chi connectivity index (χ3n) is 2.14. The second-order valence-corrected chi connectivity index (χ2v) is 4.29. The van der Waals surface area contributed by atoms with E-state index in [2.05, 4.69) is 26.6 Å². The molecule has 0 aliphatic rings. The van der Waals surface area contributed by atoms with Gasteiger partial charge in [0.25, 0.3) is 0 Å². The normalized spacial score (nSPS) is 10.8. The van der Waals surface area contributed by atoms with Gasteiger partial charge in [-0.2, -0.15) is 0 Å². The van der Waals surface area contributed by atoms with Gasteiger partial charge >= 0.3 is 0 Å². The highest BCUT2D eigenvalue weighted by molar-refractivity contribution is 9.10. The van der Waals surface area contributed by atoms with E-state index in [0.717, 1.165) is 13.1 Å². The Morgan fingerprint density at radius 2 is 1.69 bits per heavy atom. The molecule has 0 atom stereocenters. The van der Waals surface area contributed by atoms with Crippen LogP contribution in [0.2, 0.25) is 0 Å². The molecular formula is C11H15BrF2N2. The molecule has 0 heterocycles. The Balaban J connectivity index is 2.47. The molecule has 5 heteroatoms. The SMILES string of the molecule is CCNCCNCc1c(F)cc(Br)cc1F. The fourth-order valence-corrected chi connectivity index (χ4v) is 1.71. The molecular weight excluding hydrogens is 278 g/mol. The summed E-state index contributed by atoms with van der Waals surface area (Å²) in [5, 5.41) is 6.10. The number of rotatable bonds is 6. The van der Waals surface area contributed by atoms with Crippen LogP contribution < -0.4 is 10.6 Å². The predicted molar refractivity (Wildman–Crippen MR) is 64.3 cm³/mol. The lowest BCUT2D eigenvalue weighted by Gasteiger charge is -2.08. The van der Waals surface area contributed by atoms with Crippen LogP contribution >= 0.6 is 15.9 Å². The molecule has 0 saturated carbocycles. The molecule has 1 aromatic rings. The number of likely N-dealkylation sites (N-methyl/N-ethyl adjacent to an activating group) is 1. The summed E-state index contributed by atoms with van der Waals surface area (Å²) in [6.45, 7) is 4.58. The first kappa shape index (κ1) is 13.5. The Bertz CT molecular complexity index is 322. The first-order valence-electron chi connectivity index (χ1n) is 5.20. The highest BCUT2D eigenvalue weighted by atomic mass is 79.9. The average Bonchev–Trinajstić information content (AvgIpc) is 2.20. The molecule has 0 radical (unpaired) electrons. The largest absolute Gasteiger partial charge is 0.316 e. The smallest absolute Gasteiger partial charge is 0.131 e. The van der Waals surface area contributed by atoms with Crippen molar-refractivity contribution >= 4 is 15.9 Å². The van der Waals surface area contributed by atoms with E-state index in [-0.39, 0.29) is 12.1 Å². The molecule has 0 aliphatic carbocycles. The lowest BCUT2D eigenvalue weighted by Crippen LogP contribution is -2.27. The Kier molecular flexibility index (Phi) is 5.87. The van der Waals surface area contributed by atoms with Gasteiger partial charge in [-0.25, -0.2) is 8.78 Å².